The number of benzene rings is 1. The van der Waals surface area contributed by atoms with E-state index in [9.17, 15) is 9.18 Å². The molecular weight excluding hydrogens is 231 g/mol. The summed E-state index contributed by atoms with van der Waals surface area (Å²) in [6, 6.07) is 4.48. The van der Waals surface area contributed by atoms with E-state index in [-0.39, 0.29) is 17.6 Å². The van der Waals surface area contributed by atoms with Crippen molar-refractivity contribution in [3.05, 3.63) is 29.6 Å². The van der Waals surface area contributed by atoms with Crippen molar-refractivity contribution in [2.75, 3.05) is 0 Å². The zero-order chi connectivity index (χ0) is 12.7. The number of halogens is 1. The highest BCUT2D eigenvalue weighted by Crippen LogP contribution is 2.46. The van der Waals surface area contributed by atoms with Gasteiger partial charge in [0, 0.05) is 5.56 Å². The molecule has 2 aliphatic rings. The van der Waals surface area contributed by atoms with E-state index < -0.39 is 5.82 Å². The molecule has 2 nitrogen and oxygen atoms in total. The van der Waals surface area contributed by atoms with E-state index in [0.29, 0.717) is 11.5 Å². The molecule has 0 amide bonds. The van der Waals surface area contributed by atoms with Crippen molar-refractivity contribution in [3.8, 4) is 5.75 Å². The molecule has 0 N–H and O–H groups in total. The highest BCUT2D eigenvalue weighted by Gasteiger charge is 2.41. The Hall–Kier alpha value is -1.38. The molecule has 18 heavy (non-hydrogen) atoms. The molecule has 2 aliphatic carbocycles. The maximum atomic E-state index is 13.8. The molecule has 3 unspecified atom stereocenters. The van der Waals surface area contributed by atoms with E-state index in [4.69, 9.17) is 4.74 Å². The molecule has 2 fully saturated rings. The summed E-state index contributed by atoms with van der Waals surface area (Å²) in [4.78, 5) is 11.2. The molecule has 3 atom stereocenters. The summed E-state index contributed by atoms with van der Waals surface area (Å²) in [6.45, 7) is 1.44. The van der Waals surface area contributed by atoms with Gasteiger partial charge in [-0.3, -0.25) is 4.79 Å². The van der Waals surface area contributed by atoms with Crippen molar-refractivity contribution in [2.45, 2.75) is 38.7 Å². The van der Waals surface area contributed by atoms with Gasteiger partial charge in [0.1, 0.15) is 6.10 Å². The highest BCUT2D eigenvalue weighted by molar-refractivity contribution is 5.94. The first-order valence-electron chi connectivity index (χ1n) is 6.60. The number of ketones is 1. The first-order chi connectivity index (χ1) is 8.63. The molecule has 3 rings (SSSR count). The van der Waals surface area contributed by atoms with Crippen LogP contribution in [0.1, 0.15) is 43.0 Å². The van der Waals surface area contributed by atoms with Crippen LogP contribution < -0.4 is 4.74 Å². The molecule has 2 bridgehead atoms. The maximum Gasteiger partial charge on any atom is 0.165 e. The van der Waals surface area contributed by atoms with Gasteiger partial charge in [-0.15, -0.1) is 0 Å². The summed E-state index contributed by atoms with van der Waals surface area (Å²) >= 11 is 0. The van der Waals surface area contributed by atoms with Gasteiger partial charge >= 0.3 is 0 Å². The smallest absolute Gasteiger partial charge is 0.165 e. The highest BCUT2D eigenvalue weighted by atomic mass is 19.1. The number of carbonyl (C=O) groups excluding carboxylic acids is 1. The van der Waals surface area contributed by atoms with Gasteiger partial charge in [-0.05, 0) is 62.6 Å². The van der Waals surface area contributed by atoms with Crippen molar-refractivity contribution < 1.29 is 13.9 Å². The van der Waals surface area contributed by atoms with Gasteiger partial charge < -0.3 is 4.74 Å². The van der Waals surface area contributed by atoms with Crippen molar-refractivity contribution >= 4 is 5.78 Å². The lowest BCUT2D eigenvalue weighted by Gasteiger charge is -2.23. The number of carbonyl (C=O) groups is 1. The third-order valence-corrected chi connectivity index (χ3v) is 4.29. The minimum absolute atomic E-state index is 0.125. The van der Waals surface area contributed by atoms with Crippen LogP contribution in [0, 0.1) is 17.7 Å². The largest absolute Gasteiger partial charge is 0.487 e. The standard InChI is InChI=1S/C15H17FO2/c1-9(17)11-4-5-14(13(16)8-11)18-15-7-10-2-3-12(15)6-10/h4-5,8,10,12,15H,2-3,6-7H2,1H3. The van der Waals surface area contributed by atoms with Gasteiger partial charge in [0.05, 0.1) is 0 Å². The van der Waals surface area contributed by atoms with Gasteiger partial charge in [-0.1, -0.05) is 0 Å². The number of rotatable bonds is 3. The van der Waals surface area contributed by atoms with Crippen LogP contribution in [0.15, 0.2) is 18.2 Å². The Bertz CT molecular complexity index is 483. The van der Waals surface area contributed by atoms with E-state index in [0.717, 1.165) is 12.3 Å². The van der Waals surface area contributed by atoms with E-state index >= 15 is 0 Å². The lowest BCUT2D eigenvalue weighted by molar-refractivity contribution is 0.101. The van der Waals surface area contributed by atoms with E-state index in [1.54, 1.807) is 12.1 Å². The Morgan fingerprint density at radius 3 is 2.72 bits per heavy atom. The normalized spacial score (nSPS) is 29.6. The maximum absolute atomic E-state index is 13.8. The summed E-state index contributed by atoms with van der Waals surface area (Å²) < 4.78 is 19.6. The van der Waals surface area contributed by atoms with Gasteiger partial charge in [0.15, 0.2) is 17.3 Å². The molecule has 0 spiro atoms. The number of hydrogen-bond acceptors (Lipinski definition) is 2. The van der Waals surface area contributed by atoms with Crippen molar-refractivity contribution in [1.29, 1.82) is 0 Å². The first-order valence-corrected chi connectivity index (χ1v) is 6.60. The predicted molar refractivity (Wildman–Crippen MR) is 66.3 cm³/mol. The van der Waals surface area contributed by atoms with Gasteiger partial charge in [0.25, 0.3) is 0 Å². The molecule has 2 saturated carbocycles. The van der Waals surface area contributed by atoms with Gasteiger partial charge in [-0.2, -0.15) is 0 Å². The second-order valence-electron chi connectivity index (χ2n) is 5.53. The van der Waals surface area contributed by atoms with E-state index in [2.05, 4.69) is 0 Å². The Kier molecular flexibility index (Phi) is 2.84. The molecule has 0 aliphatic heterocycles. The van der Waals surface area contributed by atoms with E-state index in [1.807, 2.05) is 0 Å². The third-order valence-electron chi connectivity index (χ3n) is 4.29. The summed E-state index contributed by atoms with van der Waals surface area (Å²) in [5.41, 5.74) is 0.396. The van der Waals surface area contributed by atoms with Gasteiger partial charge in [0.2, 0.25) is 0 Å². The zero-order valence-corrected chi connectivity index (χ0v) is 10.5. The van der Waals surface area contributed by atoms with Crippen LogP contribution in [0.5, 0.6) is 5.75 Å². The minimum atomic E-state index is -0.425. The van der Waals surface area contributed by atoms with Crippen LogP contribution in [-0.4, -0.2) is 11.9 Å². The number of fused-ring (bicyclic) bond motifs is 2. The molecule has 0 aromatic heterocycles. The Morgan fingerprint density at radius 1 is 1.33 bits per heavy atom. The summed E-state index contributed by atoms with van der Waals surface area (Å²) in [5.74, 6) is 1.12. The third kappa shape index (κ3) is 2.02. The quantitative estimate of drug-likeness (QED) is 0.764. The van der Waals surface area contributed by atoms with Crippen LogP contribution >= 0.6 is 0 Å². The molecule has 0 radical (unpaired) electrons. The van der Waals surface area contributed by atoms with Crippen molar-refractivity contribution in [3.63, 3.8) is 0 Å². The fourth-order valence-corrected chi connectivity index (χ4v) is 3.31. The number of Topliss-reactive ketones (excluding diaryl/α,β-unsaturated/α-hetero) is 1. The van der Waals surface area contributed by atoms with Crippen LogP contribution in [0.25, 0.3) is 0 Å². The lowest BCUT2D eigenvalue weighted by Crippen LogP contribution is -2.23. The van der Waals surface area contributed by atoms with Crippen molar-refractivity contribution in [2.24, 2.45) is 11.8 Å². The van der Waals surface area contributed by atoms with Crippen molar-refractivity contribution in [1.82, 2.24) is 0 Å². The predicted octanol–water partition coefficient (Wildman–Crippen LogP) is 3.60. The fraction of sp³-hybridized carbons (Fsp3) is 0.533. The molecule has 0 heterocycles. The van der Waals surface area contributed by atoms with E-state index in [1.165, 1.54) is 32.3 Å². The zero-order valence-electron chi connectivity index (χ0n) is 10.5. The van der Waals surface area contributed by atoms with Gasteiger partial charge in [-0.25, -0.2) is 4.39 Å². The molecule has 1 aromatic rings. The Morgan fingerprint density at radius 2 is 2.17 bits per heavy atom. The van der Waals surface area contributed by atoms with Crippen LogP contribution in [0.3, 0.4) is 0 Å². The molecule has 1 aromatic carbocycles. The summed E-state index contributed by atoms with van der Waals surface area (Å²) in [5, 5.41) is 0. The first kappa shape index (κ1) is 11.7. The lowest BCUT2D eigenvalue weighted by atomic mass is 9.98. The average Bonchev–Trinajstić information content (AvgIpc) is 2.93. The SMILES string of the molecule is CC(=O)c1ccc(OC2CC3CCC2C3)c(F)c1. The molecular formula is C15H17FO2. The molecule has 96 valence electrons. The molecule has 0 saturated heterocycles. The Balaban J connectivity index is 1.75. The van der Waals surface area contributed by atoms with Crippen LogP contribution in [-0.2, 0) is 0 Å². The van der Waals surface area contributed by atoms with Crippen LogP contribution in [0.4, 0.5) is 4.39 Å². The summed E-state index contributed by atoms with van der Waals surface area (Å²) in [6.07, 6.45) is 4.97. The van der Waals surface area contributed by atoms with Crippen LogP contribution in [0.2, 0.25) is 0 Å². The second kappa shape index (κ2) is 4.38. The molecule has 3 heteroatoms. The minimum Gasteiger partial charge on any atom is -0.487 e. The topological polar surface area (TPSA) is 26.3 Å². The average molecular weight is 248 g/mol. The number of hydrogen-bond donors (Lipinski definition) is 0. The monoisotopic (exact) mass is 248 g/mol. The second-order valence-corrected chi connectivity index (χ2v) is 5.53. The fourth-order valence-electron chi connectivity index (χ4n) is 3.31. The Labute approximate surface area is 106 Å². The summed E-state index contributed by atoms with van der Waals surface area (Å²) in [7, 11) is 0. The number of ether oxygens (including phenoxy) is 1.